The predicted octanol–water partition coefficient (Wildman–Crippen LogP) is 3.15. The first-order chi connectivity index (χ1) is 11.2. The van der Waals surface area contributed by atoms with E-state index in [9.17, 15) is 9.90 Å². The lowest BCUT2D eigenvalue weighted by molar-refractivity contribution is 0.109. The number of nitrogens with two attached hydrogens (primary N) is 1. The van der Waals surface area contributed by atoms with E-state index in [4.69, 9.17) is 5.73 Å². The van der Waals surface area contributed by atoms with Gasteiger partial charge in [-0.05, 0) is 17.5 Å². The minimum atomic E-state index is -0.859. The van der Waals surface area contributed by atoms with E-state index >= 15 is 0 Å². The Hall–Kier alpha value is -2.33. The molecule has 1 heterocycles. The van der Waals surface area contributed by atoms with Gasteiger partial charge in [0.1, 0.15) is 0 Å². The third-order valence-electron chi connectivity index (χ3n) is 4.73. The summed E-state index contributed by atoms with van der Waals surface area (Å²) >= 11 is 0. The quantitative estimate of drug-likeness (QED) is 0.915. The molecule has 0 bridgehead atoms. The number of carboxylic acid groups (broad SMARTS) is 1. The van der Waals surface area contributed by atoms with Crippen molar-refractivity contribution in [2.45, 2.75) is 18.4 Å². The summed E-state index contributed by atoms with van der Waals surface area (Å²) in [7, 11) is 0. The van der Waals surface area contributed by atoms with Crippen LogP contribution in [-0.4, -0.2) is 35.2 Å². The normalized spacial score (nSPS) is 21.4. The SMILES string of the molecule is NC1CCN(C(=O)O)CC1C(c1ccccc1)c1ccccc1. The summed E-state index contributed by atoms with van der Waals surface area (Å²) in [5, 5.41) is 9.35. The maximum atomic E-state index is 11.4. The number of nitrogens with zero attached hydrogens (tertiary/aromatic N) is 1. The molecule has 1 saturated heterocycles. The lowest BCUT2D eigenvalue weighted by atomic mass is 9.75. The fourth-order valence-electron chi connectivity index (χ4n) is 3.53. The van der Waals surface area contributed by atoms with Gasteiger partial charge in [-0.15, -0.1) is 0 Å². The topological polar surface area (TPSA) is 66.6 Å². The van der Waals surface area contributed by atoms with Crippen molar-refractivity contribution < 1.29 is 9.90 Å². The number of carbonyl (C=O) groups is 1. The van der Waals surface area contributed by atoms with E-state index in [1.165, 1.54) is 16.0 Å². The second-order valence-corrected chi connectivity index (χ2v) is 6.14. The molecule has 120 valence electrons. The molecule has 1 aliphatic rings. The van der Waals surface area contributed by atoms with E-state index in [2.05, 4.69) is 24.3 Å². The molecule has 2 aromatic carbocycles. The summed E-state index contributed by atoms with van der Waals surface area (Å²) in [4.78, 5) is 12.9. The van der Waals surface area contributed by atoms with Crippen molar-refractivity contribution in [2.24, 2.45) is 11.7 Å². The summed E-state index contributed by atoms with van der Waals surface area (Å²) in [6, 6.07) is 20.5. The van der Waals surface area contributed by atoms with Crippen LogP contribution in [0.25, 0.3) is 0 Å². The average molecular weight is 310 g/mol. The number of benzene rings is 2. The van der Waals surface area contributed by atoms with E-state index < -0.39 is 6.09 Å². The second-order valence-electron chi connectivity index (χ2n) is 6.14. The van der Waals surface area contributed by atoms with Gasteiger partial charge in [0, 0.05) is 31.0 Å². The zero-order valence-corrected chi connectivity index (χ0v) is 13.0. The lowest BCUT2D eigenvalue weighted by Gasteiger charge is -2.40. The number of rotatable bonds is 3. The molecule has 4 nitrogen and oxygen atoms in total. The Bertz CT molecular complexity index is 605. The Kier molecular flexibility index (Phi) is 4.63. The predicted molar refractivity (Wildman–Crippen MR) is 90.4 cm³/mol. The molecule has 0 radical (unpaired) electrons. The number of piperidine rings is 1. The summed E-state index contributed by atoms with van der Waals surface area (Å²) in [5.74, 6) is 0.180. The van der Waals surface area contributed by atoms with Crippen LogP contribution in [0.15, 0.2) is 60.7 Å². The molecular formula is C19H22N2O2. The smallest absolute Gasteiger partial charge is 0.407 e. The molecule has 2 unspecified atom stereocenters. The van der Waals surface area contributed by atoms with Gasteiger partial charge < -0.3 is 15.7 Å². The molecule has 1 amide bonds. The average Bonchev–Trinajstić information content (AvgIpc) is 2.58. The first-order valence-electron chi connectivity index (χ1n) is 8.00. The Morgan fingerprint density at radius 2 is 1.57 bits per heavy atom. The molecule has 4 heteroatoms. The third kappa shape index (κ3) is 3.37. The summed E-state index contributed by atoms with van der Waals surface area (Å²) in [6.07, 6.45) is -0.158. The zero-order valence-electron chi connectivity index (χ0n) is 13.0. The number of hydrogen-bond donors (Lipinski definition) is 2. The number of hydrogen-bond acceptors (Lipinski definition) is 2. The van der Waals surface area contributed by atoms with Gasteiger partial charge in [-0.25, -0.2) is 4.79 Å². The van der Waals surface area contributed by atoms with Gasteiger partial charge in [-0.1, -0.05) is 60.7 Å². The van der Waals surface area contributed by atoms with Crippen LogP contribution in [0.2, 0.25) is 0 Å². The Balaban J connectivity index is 1.99. The molecule has 2 atom stereocenters. The molecule has 0 aromatic heterocycles. The molecule has 1 fully saturated rings. The Morgan fingerprint density at radius 1 is 1.04 bits per heavy atom. The molecule has 0 aliphatic carbocycles. The number of likely N-dealkylation sites (tertiary alicyclic amines) is 1. The minimum Gasteiger partial charge on any atom is -0.465 e. The van der Waals surface area contributed by atoms with Crippen LogP contribution in [0.3, 0.4) is 0 Å². The van der Waals surface area contributed by atoms with Gasteiger partial charge in [0.05, 0.1) is 0 Å². The number of amides is 1. The van der Waals surface area contributed by atoms with Gasteiger partial charge in [0.2, 0.25) is 0 Å². The second kappa shape index (κ2) is 6.84. The van der Waals surface area contributed by atoms with Crippen molar-refractivity contribution in [3.63, 3.8) is 0 Å². The molecule has 1 aliphatic heterocycles. The first-order valence-corrected chi connectivity index (χ1v) is 8.00. The Morgan fingerprint density at radius 3 is 2.04 bits per heavy atom. The van der Waals surface area contributed by atoms with Crippen LogP contribution < -0.4 is 5.73 Å². The van der Waals surface area contributed by atoms with E-state index in [0.29, 0.717) is 19.5 Å². The highest BCUT2D eigenvalue weighted by atomic mass is 16.4. The molecule has 23 heavy (non-hydrogen) atoms. The van der Waals surface area contributed by atoms with Gasteiger partial charge in [0.25, 0.3) is 0 Å². The fourth-order valence-corrected chi connectivity index (χ4v) is 3.53. The highest BCUT2D eigenvalue weighted by Crippen LogP contribution is 2.36. The maximum Gasteiger partial charge on any atom is 0.407 e. The lowest BCUT2D eigenvalue weighted by Crippen LogP contribution is -2.51. The molecule has 0 spiro atoms. The standard InChI is InChI=1S/C19H22N2O2/c20-17-11-12-21(19(22)23)13-16(17)18(14-7-3-1-4-8-14)15-9-5-2-6-10-15/h1-10,16-18H,11-13,20H2,(H,22,23). The van der Waals surface area contributed by atoms with Crippen molar-refractivity contribution in [2.75, 3.05) is 13.1 Å². The minimum absolute atomic E-state index is 0.00369. The van der Waals surface area contributed by atoms with E-state index in [1.54, 1.807) is 0 Å². The van der Waals surface area contributed by atoms with Crippen LogP contribution in [0, 0.1) is 5.92 Å². The van der Waals surface area contributed by atoms with Crippen LogP contribution in [-0.2, 0) is 0 Å². The summed E-state index contributed by atoms with van der Waals surface area (Å²) < 4.78 is 0. The summed E-state index contributed by atoms with van der Waals surface area (Å²) in [6.45, 7) is 0.994. The van der Waals surface area contributed by atoms with Gasteiger partial charge in [0.15, 0.2) is 0 Å². The van der Waals surface area contributed by atoms with Crippen molar-refractivity contribution in [1.82, 2.24) is 4.90 Å². The van der Waals surface area contributed by atoms with Crippen LogP contribution in [0.5, 0.6) is 0 Å². The molecule has 0 saturated carbocycles. The molecule has 3 rings (SSSR count). The van der Waals surface area contributed by atoms with Crippen molar-refractivity contribution in [1.29, 1.82) is 0 Å². The van der Waals surface area contributed by atoms with Crippen LogP contribution >= 0.6 is 0 Å². The van der Waals surface area contributed by atoms with Crippen LogP contribution in [0.4, 0.5) is 4.79 Å². The van der Waals surface area contributed by atoms with E-state index in [0.717, 1.165) is 0 Å². The van der Waals surface area contributed by atoms with Crippen LogP contribution in [0.1, 0.15) is 23.5 Å². The first kappa shape index (κ1) is 15.6. The van der Waals surface area contributed by atoms with Gasteiger partial charge in [-0.2, -0.15) is 0 Å². The molecule has 3 N–H and O–H groups in total. The summed E-state index contributed by atoms with van der Waals surface area (Å²) in [5.41, 5.74) is 8.77. The maximum absolute atomic E-state index is 11.4. The van der Waals surface area contributed by atoms with E-state index in [1.807, 2.05) is 36.4 Å². The fraction of sp³-hybridized carbons (Fsp3) is 0.316. The highest BCUT2D eigenvalue weighted by molar-refractivity contribution is 5.65. The molecular weight excluding hydrogens is 288 g/mol. The largest absolute Gasteiger partial charge is 0.465 e. The monoisotopic (exact) mass is 310 g/mol. The van der Waals surface area contributed by atoms with Gasteiger partial charge >= 0.3 is 6.09 Å². The van der Waals surface area contributed by atoms with Gasteiger partial charge in [-0.3, -0.25) is 0 Å². The van der Waals surface area contributed by atoms with Crippen molar-refractivity contribution in [3.05, 3.63) is 71.8 Å². The van der Waals surface area contributed by atoms with Crippen molar-refractivity contribution >= 4 is 6.09 Å². The van der Waals surface area contributed by atoms with E-state index in [-0.39, 0.29) is 17.9 Å². The Labute approximate surface area is 136 Å². The van der Waals surface area contributed by atoms with Crippen molar-refractivity contribution in [3.8, 4) is 0 Å². The third-order valence-corrected chi connectivity index (χ3v) is 4.73. The molecule has 2 aromatic rings. The zero-order chi connectivity index (χ0) is 16.2. The highest BCUT2D eigenvalue weighted by Gasteiger charge is 2.36.